The molecule has 3 nitrogen and oxygen atoms in total. The second-order valence-electron chi connectivity index (χ2n) is 2.91. The molecule has 0 aliphatic carbocycles. The number of halogens is 1. The van der Waals surface area contributed by atoms with Gasteiger partial charge in [-0.25, -0.2) is 4.98 Å². The number of hydrogen-bond acceptors (Lipinski definition) is 4. The van der Waals surface area contributed by atoms with E-state index in [0.717, 1.165) is 30.3 Å². The summed E-state index contributed by atoms with van der Waals surface area (Å²) in [5.74, 6) is 0.814. The van der Waals surface area contributed by atoms with Gasteiger partial charge in [0.1, 0.15) is 5.82 Å². The molecule has 0 aliphatic rings. The fourth-order valence-electron chi connectivity index (χ4n) is 0.982. The Kier molecular flexibility index (Phi) is 4.45. The molecule has 1 aromatic heterocycles. The Labute approximate surface area is 87.7 Å². The van der Waals surface area contributed by atoms with Gasteiger partial charge in [0.15, 0.2) is 0 Å². The predicted octanol–water partition coefficient (Wildman–Crippen LogP) is 2.67. The molecule has 0 fully saturated rings. The van der Waals surface area contributed by atoms with Crippen molar-refractivity contribution in [2.45, 2.75) is 32.1 Å². The third-order valence-electron chi connectivity index (χ3n) is 1.60. The average Bonchev–Trinajstić information content (AvgIpc) is 2.49. The van der Waals surface area contributed by atoms with Gasteiger partial charge in [0.05, 0.1) is 5.38 Å². The number of nitrogens with one attached hydrogen (secondary N) is 1. The van der Waals surface area contributed by atoms with Crippen molar-refractivity contribution in [3.8, 4) is 0 Å². The van der Waals surface area contributed by atoms with Crippen molar-refractivity contribution < 1.29 is 0 Å². The van der Waals surface area contributed by atoms with Crippen LogP contribution in [0.15, 0.2) is 0 Å². The molecule has 0 spiro atoms. The van der Waals surface area contributed by atoms with E-state index in [1.54, 1.807) is 0 Å². The zero-order valence-electron chi connectivity index (χ0n) is 7.88. The topological polar surface area (TPSA) is 37.8 Å². The first kappa shape index (κ1) is 10.7. The Bertz CT molecular complexity index is 251. The van der Waals surface area contributed by atoms with Crippen LogP contribution in [0.25, 0.3) is 0 Å². The zero-order valence-corrected chi connectivity index (χ0v) is 9.45. The third kappa shape index (κ3) is 3.91. The van der Waals surface area contributed by atoms with Gasteiger partial charge in [-0.05, 0) is 13.3 Å². The van der Waals surface area contributed by atoms with Gasteiger partial charge in [-0.2, -0.15) is 4.37 Å². The second-order valence-corrected chi connectivity index (χ2v) is 4.28. The Morgan fingerprint density at radius 3 is 2.92 bits per heavy atom. The summed E-state index contributed by atoms with van der Waals surface area (Å²) in [5.41, 5.74) is 0. The van der Waals surface area contributed by atoms with Gasteiger partial charge in [0.25, 0.3) is 0 Å². The highest BCUT2D eigenvalue weighted by atomic mass is 35.5. The van der Waals surface area contributed by atoms with E-state index in [1.807, 2.05) is 6.92 Å². The standard InChI is InChI=1S/C8H14ClN3S/c1-3-4-7(9)5-10-8-11-6(2)12-13-8/h7H,3-5H2,1-2H3,(H,10,11,12). The smallest absolute Gasteiger partial charge is 0.202 e. The molecule has 0 aromatic carbocycles. The van der Waals surface area contributed by atoms with E-state index >= 15 is 0 Å². The van der Waals surface area contributed by atoms with Crippen LogP contribution >= 0.6 is 23.1 Å². The number of nitrogens with zero attached hydrogens (tertiary/aromatic N) is 2. The molecule has 0 amide bonds. The number of hydrogen-bond donors (Lipinski definition) is 1. The fourth-order valence-corrected chi connectivity index (χ4v) is 1.86. The lowest BCUT2D eigenvalue weighted by atomic mass is 10.2. The highest BCUT2D eigenvalue weighted by molar-refractivity contribution is 7.09. The van der Waals surface area contributed by atoms with Crippen LogP contribution in [0, 0.1) is 6.92 Å². The molecule has 1 aromatic rings. The van der Waals surface area contributed by atoms with E-state index in [2.05, 4.69) is 21.6 Å². The lowest BCUT2D eigenvalue weighted by Gasteiger charge is -2.07. The number of aryl methyl sites for hydroxylation is 1. The first-order valence-corrected chi connectivity index (χ1v) is 5.61. The lowest BCUT2D eigenvalue weighted by molar-refractivity contribution is 0.751. The summed E-state index contributed by atoms with van der Waals surface area (Å²) < 4.78 is 4.07. The molecule has 0 aliphatic heterocycles. The van der Waals surface area contributed by atoms with Crippen molar-refractivity contribution in [2.24, 2.45) is 0 Å². The van der Waals surface area contributed by atoms with Crippen LogP contribution in [0.5, 0.6) is 0 Å². The average molecular weight is 220 g/mol. The Morgan fingerprint density at radius 2 is 2.38 bits per heavy atom. The molecule has 0 radical (unpaired) electrons. The zero-order chi connectivity index (χ0) is 9.68. The molecule has 1 unspecified atom stereocenters. The van der Waals surface area contributed by atoms with Crippen molar-refractivity contribution in [3.05, 3.63) is 5.82 Å². The molecule has 0 bridgehead atoms. The quantitative estimate of drug-likeness (QED) is 0.774. The van der Waals surface area contributed by atoms with Gasteiger partial charge in [-0.1, -0.05) is 13.3 Å². The molecule has 1 heterocycles. The highest BCUT2D eigenvalue weighted by Crippen LogP contribution is 2.12. The maximum absolute atomic E-state index is 6.03. The van der Waals surface area contributed by atoms with Crippen LogP contribution in [0.4, 0.5) is 5.13 Å². The minimum absolute atomic E-state index is 0.189. The number of rotatable bonds is 5. The van der Waals surface area contributed by atoms with Crippen LogP contribution < -0.4 is 5.32 Å². The van der Waals surface area contributed by atoms with Crippen LogP contribution in [-0.4, -0.2) is 21.3 Å². The SMILES string of the molecule is CCCC(Cl)CNc1nc(C)ns1. The van der Waals surface area contributed by atoms with Crippen molar-refractivity contribution >= 4 is 28.3 Å². The van der Waals surface area contributed by atoms with E-state index in [9.17, 15) is 0 Å². The van der Waals surface area contributed by atoms with Crippen LogP contribution in [0.2, 0.25) is 0 Å². The van der Waals surface area contributed by atoms with E-state index in [4.69, 9.17) is 11.6 Å². The summed E-state index contributed by atoms with van der Waals surface area (Å²) in [6.07, 6.45) is 2.15. The van der Waals surface area contributed by atoms with Gasteiger partial charge in [0, 0.05) is 18.1 Å². The van der Waals surface area contributed by atoms with Crippen molar-refractivity contribution in [1.82, 2.24) is 9.36 Å². The molecule has 74 valence electrons. The second kappa shape index (κ2) is 5.40. The molecule has 1 rings (SSSR count). The fraction of sp³-hybridized carbons (Fsp3) is 0.750. The number of aromatic nitrogens is 2. The Balaban J connectivity index is 2.26. The lowest BCUT2D eigenvalue weighted by Crippen LogP contribution is -2.13. The minimum Gasteiger partial charge on any atom is -0.359 e. The van der Waals surface area contributed by atoms with Gasteiger partial charge in [-0.3, -0.25) is 0 Å². The molecule has 0 saturated heterocycles. The van der Waals surface area contributed by atoms with Crippen molar-refractivity contribution in [1.29, 1.82) is 0 Å². The Morgan fingerprint density at radius 1 is 1.62 bits per heavy atom. The number of anilines is 1. The van der Waals surface area contributed by atoms with Gasteiger partial charge in [0.2, 0.25) is 5.13 Å². The molecule has 1 N–H and O–H groups in total. The Hall–Kier alpha value is -0.350. The normalized spacial score (nSPS) is 12.8. The largest absolute Gasteiger partial charge is 0.359 e. The minimum atomic E-state index is 0.189. The molecule has 5 heteroatoms. The van der Waals surface area contributed by atoms with E-state index in [1.165, 1.54) is 11.5 Å². The van der Waals surface area contributed by atoms with Gasteiger partial charge >= 0.3 is 0 Å². The predicted molar refractivity (Wildman–Crippen MR) is 57.7 cm³/mol. The van der Waals surface area contributed by atoms with Gasteiger partial charge in [-0.15, -0.1) is 11.6 Å². The first-order valence-electron chi connectivity index (χ1n) is 4.40. The monoisotopic (exact) mass is 219 g/mol. The van der Waals surface area contributed by atoms with E-state index in [-0.39, 0.29) is 5.38 Å². The molecular weight excluding hydrogens is 206 g/mol. The maximum atomic E-state index is 6.03. The maximum Gasteiger partial charge on any atom is 0.202 e. The molecule has 0 saturated carbocycles. The van der Waals surface area contributed by atoms with Crippen molar-refractivity contribution in [2.75, 3.05) is 11.9 Å². The highest BCUT2D eigenvalue weighted by Gasteiger charge is 2.04. The van der Waals surface area contributed by atoms with Crippen LogP contribution in [-0.2, 0) is 0 Å². The van der Waals surface area contributed by atoms with Gasteiger partial charge < -0.3 is 5.32 Å². The van der Waals surface area contributed by atoms with Crippen LogP contribution in [0.3, 0.4) is 0 Å². The summed E-state index contributed by atoms with van der Waals surface area (Å²) in [6, 6.07) is 0. The van der Waals surface area contributed by atoms with E-state index < -0.39 is 0 Å². The molecule has 1 atom stereocenters. The number of alkyl halides is 1. The van der Waals surface area contributed by atoms with Crippen molar-refractivity contribution in [3.63, 3.8) is 0 Å². The summed E-state index contributed by atoms with van der Waals surface area (Å²) in [6.45, 7) is 4.78. The molecular formula is C8H14ClN3S. The van der Waals surface area contributed by atoms with Crippen LogP contribution in [0.1, 0.15) is 25.6 Å². The summed E-state index contributed by atoms with van der Waals surface area (Å²) in [4.78, 5) is 4.18. The summed E-state index contributed by atoms with van der Waals surface area (Å²) >= 11 is 7.41. The molecule has 13 heavy (non-hydrogen) atoms. The summed E-state index contributed by atoms with van der Waals surface area (Å²) in [7, 11) is 0. The third-order valence-corrected chi connectivity index (χ3v) is 2.74. The first-order chi connectivity index (χ1) is 6.22. The summed E-state index contributed by atoms with van der Waals surface area (Å²) in [5, 5.41) is 4.21. The van der Waals surface area contributed by atoms with E-state index in [0.29, 0.717) is 0 Å².